The molecule has 0 fully saturated rings. The number of benzene rings is 7. The number of nitriles is 1. The lowest BCUT2D eigenvalue weighted by atomic mass is 9.93. The van der Waals surface area contributed by atoms with Crippen molar-refractivity contribution in [3.63, 3.8) is 0 Å². The summed E-state index contributed by atoms with van der Waals surface area (Å²) in [5.74, 6) is 0. The van der Waals surface area contributed by atoms with E-state index in [9.17, 15) is 5.26 Å². The lowest BCUT2D eigenvalue weighted by molar-refractivity contribution is 1.18. The smallest absolute Gasteiger partial charge is 0.189 e. The molecule has 0 bridgehead atoms. The van der Waals surface area contributed by atoms with Crippen molar-refractivity contribution in [1.82, 2.24) is 9.13 Å². The lowest BCUT2D eigenvalue weighted by Gasteiger charge is -2.18. The second-order valence-corrected chi connectivity index (χ2v) is 11.9. The van der Waals surface area contributed by atoms with E-state index in [1.54, 1.807) is 0 Å². The number of hydrogen-bond donors (Lipinski definition) is 0. The van der Waals surface area contributed by atoms with Gasteiger partial charge in [-0.1, -0.05) is 109 Å². The van der Waals surface area contributed by atoms with Crippen molar-refractivity contribution < 1.29 is 0 Å². The Labute approximate surface area is 277 Å². The number of hydrogen-bond acceptors (Lipinski definition) is 1. The first-order valence-electron chi connectivity index (χ1n) is 15.9. The highest BCUT2D eigenvalue weighted by atomic mass is 15.0. The molecule has 4 nitrogen and oxygen atoms in total. The van der Waals surface area contributed by atoms with Crippen molar-refractivity contribution in [1.29, 1.82) is 5.26 Å². The summed E-state index contributed by atoms with van der Waals surface area (Å²) < 4.78 is 4.50. The van der Waals surface area contributed by atoms with Crippen LogP contribution in [0.1, 0.15) is 5.56 Å². The fraction of sp³-hybridized carbons (Fsp3) is 0. The van der Waals surface area contributed by atoms with E-state index in [2.05, 4.69) is 141 Å². The monoisotopic (exact) mass is 610 g/mol. The zero-order valence-electron chi connectivity index (χ0n) is 25.8. The van der Waals surface area contributed by atoms with Crippen LogP contribution in [0, 0.1) is 17.9 Å². The van der Waals surface area contributed by atoms with Crippen LogP contribution in [0.25, 0.3) is 82.1 Å². The van der Waals surface area contributed by atoms with Crippen LogP contribution < -0.4 is 0 Å². The van der Waals surface area contributed by atoms with Crippen molar-refractivity contribution in [2.45, 2.75) is 0 Å². The number of aromatic nitrogens is 2. The van der Waals surface area contributed by atoms with Crippen molar-refractivity contribution >= 4 is 49.3 Å². The molecule has 0 saturated heterocycles. The highest BCUT2D eigenvalue weighted by Gasteiger charge is 2.20. The molecule has 0 atom stereocenters. The van der Waals surface area contributed by atoms with Crippen LogP contribution in [0.3, 0.4) is 0 Å². The Morgan fingerprint density at radius 3 is 1.71 bits per heavy atom. The summed E-state index contributed by atoms with van der Waals surface area (Å²) in [5, 5.41) is 14.7. The van der Waals surface area contributed by atoms with Gasteiger partial charge in [0.15, 0.2) is 5.69 Å². The molecule has 222 valence electrons. The van der Waals surface area contributed by atoms with E-state index in [1.807, 2.05) is 36.4 Å². The number of fused-ring (bicyclic) bond motifs is 6. The molecular weight excluding hydrogens is 585 g/mol. The molecule has 0 N–H and O–H groups in total. The molecular formula is C44H26N4. The minimum absolute atomic E-state index is 0.577. The van der Waals surface area contributed by atoms with Crippen molar-refractivity contribution in [3.05, 3.63) is 175 Å². The van der Waals surface area contributed by atoms with E-state index in [1.165, 1.54) is 10.8 Å². The molecule has 9 rings (SSSR count). The predicted octanol–water partition coefficient (Wildman–Crippen LogP) is 11.6. The van der Waals surface area contributed by atoms with Gasteiger partial charge in [0, 0.05) is 32.8 Å². The van der Waals surface area contributed by atoms with Crippen LogP contribution in [-0.4, -0.2) is 9.13 Å². The standard InChI is InChI=1S/C44H26N4/c1-46-31-25-30(26-32(27-31)47-40-21-8-5-17-36(40)37-18-6-9-22-41(37)47)33-14-2-3-15-34(33)35-16-4-10-23-42(35)48-43-24-11-7-19-38(43)39-20-12-13-29(28-45)44(39)48/h2-27H. The van der Waals surface area contributed by atoms with Gasteiger partial charge in [-0.05, 0) is 65.2 Å². The van der Waals surface area contributed by atoms with Gasteiger partial charge in [0.05, 0.1) is 39.9 Å². The molecule has 0 aliphatic carbocycles. The number of para-hydroxylation sites is 5. The number of nitrogens with zero attached hydrogens (tertiary/aromatic N) is 4. The Morgan fingerprint density at radius 1 is 0.500 bits per heavy atom. The summed E-state index contributed by atoms with van der Waals surface area (Å²) >= 11 is 0. The van der Waals surface area contributed by atoms with Crippen molar-refractivity contribution in [2.24, 2.45) is 0 Å². The molecule has 2 aromatic heterocycles. The van der Waals surface area contributed by atoms with Gasteiger partial charge >= 0.3 is 0 Å². The molecule has 0 unspecified atom stereocenters. The molecule has 0 aliphatic rings. The van der Waals surface area contributed by atoms with Gasteiger partial charge in [0.2, 0.25) is 0 Å². The summed E-state index contributed by atoms with van der Waals surface area (Å²) in [6.07, 6.45) is 0. The summed E-state index contributed by atoms with van der Waals surface area (Å²) in [6, 6.07) is 56.6. The van der Waals surface area contributed by atoms with Gasteiger partial charge in [-0.2, -0.15) is 5.26 Å². The van der Waals surface area contributed by atoms with E-state index < -0.39 is 0 Å². The van der Waals surface area contributed by atoms with Gasteiger partial charge in [-0.25, -0.2) is 4.85 Å². The zero-order valence-corrected chi connectivity index (χ0v) is 25.8. The maximum Gasteiger partial charge on any atom is 0.189 e. The van der Waals surface area contributed by atoms with Crippen LogP contribution in [0.4, 0.5) is 5.69 Å². The van der Waals surface area contributed by atoms with E-state index in [-0.39, 0.29) is 0 Å². The van der Waals surface area contributed by atoms with Gasteiger partial charge in [0.1, 0.15) is 6.07 Å². The summed E-state index contributed by atoms with van der Waals surface area (Å²) in [6.45, 7) is 8.08. The Kier molecular flexibility index (Phi) is 6.22. The average Bonchev–Trinajstić information content (AvgIpc) is 3.68. The van der Waals surface area contributed by atoms with Crippen molar-refractivity contribution in [3.8, 4) is 39.7 Å². The van der Waals surface area contributed by atoms with Crippen LogP contribution in [0.15, 0.2) is 158 Å². The summed E-state index contributed by atoms with van der Waals surface area (Å²) in [5.41, 5.74) is 11.4. The highest BCUT2D eigenvalue weighted by molar-refractivity contribution is 6.12. The SMILES string of the molecule is [C-]#[N+]c1cc(-c2ccccc2-c2ccccc2-n2c3ccccc3c3cccc(C#N)c32)cc(-n2c3ccccc3c3ccccc32)c1. The van der Waals surface area contributed by atoms with E-state index in [0.717, 1.165) is 66.5 Å². The average molecular weight is 611 g/mol. The molecule has 0 amide bonds. The molecule has 0 spiro atoms. The van der Waals surface area contributed by atoms with Gasteiger partial charge < -0.3 is 9.13 Å². The third-order valence-electron chi connectivity index (χ3n) is 9.36. The normalized spacial score (nSPS) is 11.3. The maximum atomic E-state index is 10.2. The topological polar surface area (TPSA) is 38.0 Å². The van der Waals surface area contributed by atoms with Crippen LogP contribution >= 0.6 is 0 Å². The van der Waals surface area contributed by atoms with E-state index in [4.69, 9.17) is 6.57 Å². The predicted molar refractivity (Wildman–Crippen MR) is 197 cm³/mol. The second kappa shape index (κ2) is 10.9. The molecule has 48 heavy (non-hydrogen) atoms. The zero-order chi connectivity index (χ0) is 32.2. The molecule has 0 radical (unpaired) electrons. The molecule has 4 heteroatoms. The minimum Gasteiger partial charge on any atom is -0.310 e. The Bertz CT molecular complexity index is 2760. The second-order valence-electron chi connectivity index (χ2n) is 11.9. The Balaban J connectivity index is 1.31. The quantitative estimate of drug-likeness (QED) is 0.183. The third-order valence-corrected chi connectivity index (χ3v) is 9.36. The molecule has 9 aromatic rings. The van der Waals surface area contributed by atoms with Crippen LogP contribution in [-0.2, 0) is 0 Å². The largest absolute Gasteiger partial charge is 0.310 e. The van der Waals surface area contributed by atoms with Gasteiger partial charge in [-0.3, -0.25) is 0 Å². The van der Waals surface area contributed by atoms with E-state index >= 15 is 0 Å². The third kappa shape index (κ3) is 4.07. The van der Waals surface area contributed by atoms with Crippen molar-refractivity contribution in [2.75, 3.05) is 0 Å². The summed E-state index contributed by atoms with van der Waals surface area (Å²) in [4.78, 5) is 3.94. The van der Waals surface area contributed by atoms with E-state index in [0.29, 0.717) is 11.3 Å². The minimum atomic E-state index is 0.577. The molecule has 7 aromatic carbocycles. The fourth-order valence-corrected chi connectivity index (χ4v) is 7.37. The van der Waals surface area contributed by atoms with Gasteiger partial charge in [-0.15, -0.1) is 0 Å². The first-order valence-corrected chi connectivity index (χ1v) is 15.9. The fourth-order valence-electron chi connectivity index (χ4n) is 7.37. The molecule has 0 saturated carbocycles. The maximum absolute atomic E-state index is 10.2. The Morgan fingerprint density at radius 2 is 1.04 bits per heavy atom. The number of rotatable bonds is 4. The van der Waals surface area contributed by atoms with Crippen LogP contribution in [0.5, 0.6) is 0 Å². The summed E-state index contributed by atoms with van der Waals surface area (Å²) in [7, 11) is 0. The molecule has 0 aliphatic heterocycles. The lowest BCUT2D eigenvalue weighted by Crippen LogP contribution is -1.99. The highest BCUT2D eigenvalue weighted by Crippen LogP contribution is 2.42. The first-order chi connectivity index (χ1) is 23.7. The Hall–Kier alpha value is -6.88. The first kappa shape index (κ1) is 27.4. The van der Waals surface area contributed by atoms with Gasteiger partial charge in [0.25, 0.3) is 0 Å². The molecule has 2 heterocycles. The van der Waals surface area contributed by atoms with Crippen LogP contribution in [0.2, 0.25) is 0 Å².